The van der Waals surface area contributed by atoms with Crippen molar-refractivity contribution in [3.05, 3.63) is 29.8 Å². The monoisotopic (exact) mass is 363 g/mol. The van der Waals surface area contributed by atoms with Crippen molar-refractivity contribution in [3.63, 3.8) is 0 Å². The van der Waals surface area contributed by atoms with Crippen LogP contribution in [0.5, 0.6) is 0 Å². The van der Waals surface area contributed by atoms with Gasteiger partial charge in [-0.1, -0.05) is 0 Å². The van der Waals surface area contributed by atoms with Crippen molar-refractivity contribution >= 4 is 17.7 Å². The molecule has 2 amide bonds. The molecule has 2 aliphatic rings. The molecule has 2 aliphatic heterocycles. The lowest BCUT2D eigenvalue weighted by Gasteiger charge is -2.18. The number of carbonyl (C=O) groups excluding carboxylic acids is 2. The number of nitrogens with one attached hydrogen (secondary N) is 2. The summed E-state index contributed by atoms with van der Waals surface area (Å²) in [5, 5.41) is 5.54. The molecule has 2 saturated heterocycles. The maximum absolute atomic E-state index is 12.5. The van der Waals surface area contributed by atoms with Crippen molar-refractivity contribution in [2.24, 2.45) is 0 Å². The first kappa shape index (κ1) is 18.5. The van der Waals surface area contributed by atoms with E-state index in [1.54, 1.807) is 12.1 Å². The lowest BCUT2D eigenvalue weighted by molar-refractivity contribution is 0.00408. The van der Waals surface area contributed by atoms with Crippen LogP contribution >= 0.6 is 0 Å². The summed E-state index contributed by atoms with van der Waals surface area (Å²) in [6.45, 7) is 2.90. The fraction of sp³-hybridized carbons (Fsp3) is 0.556. The minimum atomic E-state index is -0.487. The first-order valence-electron chi connectivity index (χ1n) is 8.75. The van der Waals surface area contributed by atoms with Crippen LogP contribution in [-0.4, -0.2) is 70.2 Å². The van der Waals surface area contributed by atoms with E-state index < -0.39 is 12.2 Å². The largest absolute Gasteiger partial charge is 0.441 e. The molecule has 0 saturated carbocycles. The van der Waals surface area contributed by atoms with Gasteiger partial charge in [-0.3, -0.25) is 4.79 Å². The first-order valence-corrected chi connectivity index (χ1v) is 8.75. The van der Waals surface area contributed by atoms with E-state index in [4.69, 9.17) is 14.2 Å². The number of hydrogen-bond donors (Lipinski definition) is 2. The van der Waals surface area contributed by atoms with Crippen LogP contribution in [0.4, 0.5) is 10.5 Å². The Morgan fingerprint density at radius 2 is 1.85 bits per heavy atom. The summed E-state index contributed by atoms with van der Waals surface area (Å²) in [5.74, 6) is -0.179. The number of fused-ring (bicyclic) bond motifs is 1. The predicted octanol–water partition coefficient (Wildman–Crippen LogP) is 0.763. The Kier molecular flexibility index (Phi) is 5.63. The summed E-state index contributed by atoms with van der Waals surface area (Å²) >= 11 is 0. The molecule has 8 heteroatoms. The van der Waals surface area contributed by atoms with Crippen molar-refractivity contribution < 1.29 is 23.8 Å². The molecule has 142 valence electrons. The van der Waals surface area contributed by atoms with Gasteiger partial charge in [0.1, 0.15) is 12.2 Å². The van der Waals surface area contributed by atoms with Crippen LogP contribution in [0.1, 0.15) is 17.3 Å². The van der Waals surface area contributed by atoms with Gasteiger partial charge in [-0.2, -0.15) is 0 Å². The summed E-state index contributed by atoms with van der Waals surface area (Å²) in [5.41, 5.74) is 1.60. The molecule has 26 heavy (non-hydrogen) atoms. The molecule has 4 atom stereocenters. The van der Waals surface area contributed by atoms with Crippen LogP contribution < -0.4 is 15.5 Å². The Morgan fingerprint density at radius 1 is 1.15 bits per heavy atom. The summed E-state index contributed by atoms with van der Waals surface area (Å²) in [6.07, 6.45) is -1.63. The maximum Gasteiger partial charge on any atom is 0.407 e. The molecule has 1 aromatic rings. The van der Waals surface area contributed by atoms with Gasteiger partial charge in [0, 0.05) is 31.9 Å². The smallest absolute Gasteiger partial charge is 0.407 e. The molecule has 0 unspecified atom stereocenters. The second-order valence-corrected chi connectivity index (χ2v) is 6.59. The van der Waals surface area contributed by atoms with E-state index in [1.807, 2.05) is 38.1 Å². The van der Waals surface area contributed by atoms with Gasteiger partial charge in [-0.15, -0.1) is 0 Å². The molecule has 2 fully saturated rings. The highest BCUT2D eigenvalue weighted by molar-refractivity contribution is 5.94. The Hall–Kier alpha value is -2.32. The van der Waals surface area contributed by atoms with E-state index in [1.165, 1.54) is 0 Å². The van der Waals surface area contributed by atoms with Crippen LogP contribution in [0.25, 0.3) is 0 Å². The Bertz CT molecular complexity index is 649. The number of ether oxygens (including phenoxy) is 3. The number of amides is 2. The quantitative estimate of drug-likeness (QED) is 0.803. The maximum atomic E-state index is 12.5. The second kappa shape index (κ2) is 7.92. The zero-order valence-corrected chi connectivity index (χ0v) is 15.2. The lowest BCUT2D eigenvalue weighted by Crippen LogP contribution is -2.44. The fourth-order valence-electron chi connectivity index (χ4n) is 3.18. The van der Waals surface area contributed by atoms with E-state index in [2.05, 4.69) is 10.6 Å². The van der Waals surface area contributed by atoms with E-state index >= 15 is 0 Å². The average Bonchev–Trinajstić information content (AvgIpc) is 3.19. The number of rotatable bonds is 5. The van der Waals surface area contributed by atoms with Crippen molar-refractivity contribution in [2.75, 3.05) is 38.8 Å². The highest BCUT2D eigenvalue weighted by atomic mass is 16.6. The third kappa shape index (κ3) is 3.91. The number of hydrogen-bond acceptors (Lipinski definition) is 6. The Balaban J connectivity index is 1.56. The zero-order valence-electron chi connectivity index (χ0n) is 15.2. The van der Waals surface area contributed by atoms with Gasteiger partial charge in [0.05, 0.1) is 19.3 Å². The molecule has 3 rings (SSSR count). The lowest BCUT2D eigenvalue weighted by atomic mass is 10.1. The number of benzene rings is 1. The molecule has 0 radical (unpaired) electrons. The van der Waals surface area contributed by atoms with Crippen LogP contribution in [-0.2, 0) is 14.2 Å². The number of alkyl carbamates (subject to hydrolysis) is 1. The van der Waals surface area contributed by atoms with Gasteiger partial charge >= 0.3 is 6.09 Å². The van der Waals surface area contributed by atoms with Crippen LogP contribution in [0.3, 0.4) is 0 Å². The number of carbonyl (C=O) groups is 2. The average molecular weight is 363 g/mol. The molecule has 0 aliphatic carbocycles. The summed E-state index contributed by atoms with van der Waals surface area (Å²) in [6, 6.07) is 7.09. The van der Waals surface area contributed by atoms with Gasteiger partial charge in [0.2, 0.25) is 0 Å². The third-order valence-corrected chi connectivity index (χ3v) is 4.55. The van der Waals surface area contributed by atoms with Crippen molar-refractivity contribution in [1.82, 2.24) is 10.6 Å². The standard InChI is InChI=1S/C18H25N3O5/c1-4-19-18(23)26-14-10-25-15-13(9-24-16(14)15)20-17(22)11-5-7-12(8-6-11)21(2)3/h5-8,13-16H,4,9-10H2,1-3H3,(H,19,23)(H,20,22)/t13-,14-,15-,16+/m0/s1. The molecule has 1 aromatic carbocycles. The number of anilines is 1. The van der Waals surface area contributed by atoms with Crippen molar-refractivity contribution in [3.8, 4) is 0 Å². The molecular formula is C18H25N3O5. The molecule has 8 nitrogen and oxygen atoms in total. The van der Waals surface area contributed by atoms with Gasteiger partial charge in [0.15, 0.2) is 6.10 Å². The summed E-state index contributed by atoms with van der Waals surface area (Å²) in [7, 11) is 3.89. The van der Waals surface area contributed by atoms with E-state index in [-0.39, 0.29) is 30.8 Å². The van der Waals surface area contributed by atoms with Crippen LogP contribution in [0, 0.1) is 0 Å². The molecule has 2 N–H and O–H groups in total. The predicted molar refractivity (Wildman–Crippen MR) is 95.4 cm³/mol. The Morgan fingerprint density at radius 3 is 2.50 bits per heavy atom. The van der Waals surface area contributed by atoms with E-state index in [9.17, 15) is 9.59 Å². The molecule has 0 aromatic heterocycles. The summed E-state index contributed by atoms with van der Waals surface area (Å²) in [4.78, 5) is 26.0. The molecule has 2 heterocycles. The van der Waals surface area contributed by atoms with Gasteiger partial charge in [-0.25, -0.2) is 4.79 Å². The van der Waals surface area contributed by atoms with Gasteiger partial charge < -0.3 is 29.7 Å². The molecule has 0 spiro atoms. The first-order chi connectivity index (χ1) is 12.5. The second-order valence-electron chi connectivity index (χ2n) is 6.59. The van der Waals surface area contributed by atoms with Gasteiger partial charge in [0.25, 0.3) is 5.91 Å². The molecule has 0 bridgehead atoms. The number of nitrogens with zero attached hydrogens (tertiary/aromatic N) is 1. The topological polar surface area (TPSA) is 89.1 Å². The minimum absolute atomic E-state index is 0.179. The van der Waals surface area contributed by atoms with Crippen LogP contribution in [0.2, 0.25) is 0 Å². The van der Waals surface area contributed by atoms with E-state index in [0.29, 0.717) is 18.7 Å². The van der Waals surface area contributed by atoms with Crippen molar-refractivity contribution in [1.29, 1.82) is 0 Å². The zero-order chi connectivity index (χ0) is 18.7. The Labute approximate surface area is 152 Å². The normalized spacial score (nSPS) is 26.9. The molecular weight excluding hydrogens is 338 g/mol. The SMILES string of the molecule is CCNC(=O)O[C@H]1CO[C@@H]2[C@@H]1OC[C@@H]2NC(=O)c1ccc(N(C)C)cc1. The highest BCUT2D eigenvalue weighted by Gasteiger charge is 2.50. The highest BCUT2D eigenvalue weighted by Crippen LogP contribution is 2.29. The fourth-order valence-corrected chi connectivity index (χ4v) is 3.18. The van der Waals surface area contributed by atoms with E-state index in [0.717, 1.165) is 5.69 Å². The van der Waals surface area contributed by atoms with Crippen molar-refractivity contribution in [2.45, 2.75) is 31.3 Å². The minimum Gasteiger partial charge on any atom is -0.441 e. The van der Waals surface area contributed by atoms with Gasteiger partial charge in [-0.05, 0) is 31.2 Å². The van der Waals surface area contributed by atoms with Crippen LogP contribution in [0.15, 0.2) is 24.3 Å². The third-order valence-electron chi connectivity index (χ3n) is 4.55. The summed E-state index contributed by atoms with van der Waals surface area (Å²) < 4.78 is 16.8.